The summed E-state index contributed by atoms with van der Waals surface area (Å²) in [5.41, 5.74) is -0.176. The summed E-state index contributed by atoms with van der Waals surface area (Å²) in [7, 11) is 0. The van der Waals surface area contributed by atoms with Crippen molar-refractivity contribution in [1.82, 2.24) is 16.0 Å². The van der Waals surface area contributed by atoms with Gasteiger partial charge in [-0.25, -0.2) is 4.79 Å². The topological polar surface area (TPSA) is 202 Å². The first-order valence-electron chi connectivity index (χ1n) is 25.7. The van der Waals surface area contributed by atoms with Gasteiger partial charge >= 0.3 is 30.0 Å². The van der Waals surface area contributed by atoms with Crippen LogP contribution in [0, 0.1) is 22.7 Å². The van der Waals surface area contributed by atoms with E-state index in [1.54, 1.807) is 41.5 Å². The molecule has 0 aliphatic carbocycles. The van der Waals surface area contributed by atoms with E-state index < -0.39 is 47.0 Å². The summed E-state index contributed by atoms with van der Waals surface area (Å²) in [5.74, 6) is -3.41. The molecule has 0 fully saturated rings. The molecule has 0 radical (unpaired) electrons. The Morgan fingerprint density at radius 3 is 1.33 bits per heavy atom. The lowest BCUT2D eigenvalue weighted by atomic mass is 9.93. The molecule has 0 aromatic heterocycles. The van der Waals surface area contributed by atoms with Crippen LogP contribution >= 0.6 is 0 Å². The smallest absolute Gasteiger partial charge is 0.407 e. The highest BCUT2D eigenvalue weighted by Crippen LogP contribution is 2.22. The zero-order valence-electron chi connectivity index (χ0n) is 46.0. The third-order valence-corrected chi connectivity index (χ3v) is 10.6. The Labute approximate surface area is 422 Å². The molecule has 15 heteroatoms. The number of nitrogens with one attached hydrogen (secondary N) is 3. The van der Waals surface area contributed by atoms with Gasteiger partial charge in [0.1, 0.15) is 17.8 Å². The molecule has 1 rings (SSSR count). The van der Waals surface area contributed by atoms with Gasteiger partial charge in [0.15, 0.2) is 0 Å². The molecular weight excluding hydrogens is 895 g/mol. The Balaban J connectivity index is 0.00000142. The summed E-state index contributed by atoms with van der Waals surface area (Å²) in [5, 5.41) is 8.70. The van der Waals surface area contributed by atoms with Gasteiger partial charge in [-0.1, -0.05) is 98.1 Å². The molecule has 0 aliphatic heterocycles. The normalized spacial score (nSPS) is 13.5. The van der Waals surface area contributed by atoms with Crippen LogP contribution in [0.2, 0.25) is 0 Å². The van der Waals surface area contributed by atoms with Gasteiger partial charge in [0.25, 0.3) is 0 Å². The predicted octanol–water partition coefficient (Wildman–Crippen LogP) is 10.9. The second kappa shape index (κ2) is 33.8. The highest BCUT2D eigenvalue weighted by atomic mass is 16.6. The number of alkyl carbamates (subject to hydrolysis) is 1. The number of rotatable bonds is 29. The molecular formula is C55H95N3O12. The number of esters is 4. The van der Waals surface area contributed by atoms with E-state index in [-0.39, 0.29) is 92.4 Å². The Kier molecular flexibility index (Phi) is 31.5. The van der Waals surface area contributed by atoms with Crippen molar-refractivity contribution in [3.8, 4) is 0 Å². The van der Waals surface area contributed by atoms with E-state index in [1.165, 1.54) is 0 Å². The van der Waals surface area contributed by atoms with Crippen molar-refractivity contribution in [1.29, 1.82) is 0 Å². The number of carbonyl (C=O) groups is 7. The second-order valence-electron chi connectivity index (χ2n) is 22.9. The monoisotopic (exact) mass is 990 g/mol. The van der Waals surface area contributed by atoms with E-state index in [4.69, 9.17) is 23.7 Å². The number of carbonyl (C=O) groups excluding carboxylic acids is 7. The van der Waals surface area contributed by atoms with Crippen molar-refractivity contribution >= 4 is 41.8 Å². The predicted molar refractivity (Wildman–Crippen MR) is 274 cm³/mol. The molecule has 1 aromatic rings. The first-order chi connectivity index (χ1) is 32.4. The molecule has 2 unspecified atom stereocenters. The second-order valence-corrected chi connectivity index (χ2v) is 22.9. The maximum atomic E-state index is 13.0. The van der Waals surface area contributed by atoms with Crippen molar-refractivity contribution in [3.63, 3.8) is 0 Å². The van der Waals surface area contributed by atoms with Crippen molar-refractivity contribution in [2.75, 3.05) is 19.8 Å². The maximum absolute atomic E-state index is 13.0. The standard InChI is InChI=1S/C31H50N2O7.C24H45NO5/c1-23(13-11-12-19-32-29(37)39-22-24-14-9-8-10-15-24)33-28(36)25(16-17-26(34)40-31(5,6)7)21-27(35)38-20-18-30(2,3)4;1-9-10-11-12-18(2)25-22(28)19(13-14-20(26)30-24(6,7)8)17-21(27)29-16-15-23(3,4)5/h8-10,14-15,23,25H,11-13,16-22H2,1-7H3,(H,32,37)(H,33,36);18-19H,9-17H2,1-8H3,(H,25,28)/t23?,25-;18?,19-/m11/s1. The number of unbranched alkanes of at least 4 members (excludes halogenated alkanes) is 3. The van der Waals surface area contributed by atoms with Gasteiger partial charge in [-0.2, -0.15) is 0 Å². The average Bonchev–Trinajstić information content (AvgIpc) is 3.21. The fourth-order valence-electron chi connectivity index (χ4n) is 6.59. The molecule has 3 N–H and O–H groups in total. The fraction of sp³-hybridized carbons (Fsp3) is 0.764. The summed E-state index contributed by atoms with van der Waals surface area (Å²) in [6.45, 7) is 30.5. The van der Waals surface area contributed by atoms with Crippen LogP contribution in [0.5, 0.6) is 0 Å². The molecule has 0 aliphatic rings. The van der Waals surface area contributed by atoms with Gasteiger partial charge in [0.2, 0.25) is 11.8 Å². The molecule has 0 bridgehead atoms. The van der Waals surface area contributed by atoms with Gasteiger partial charge in [-0.3, -0.25) is 28.8 Å². The highest BCUT2D eigenvalue weighted by Gasteiger charge is 2.28. The minimum Gasteiger partial charge on any atom is -0.466 e. The Bertz CT molecular complexity index is 1690. The van der Waals surface area contributed by atoms with Crippen LogP contribution in [-0.4, -0.2) is 84.8 Å². The zero-order valence-corrected chi connectivity index (χ0v) is 46.0. The number of benzene rings is 1. The van der Waals surface area contributed by atoms with Crippen LogP contribution in [0.3, 0.4) is 0 Å². The lowest BCUT2D eigenvalue weighted by molar-refractivity contribution is -0.157. The number of ether oxygens (including phenoxy) is 5. The Morgan fingerprint density at radius 2 is 0.943 bits per heavy atom. The summed E-state index contributed by atoms with van der Waals surface area (Å²) in [6, 6.07) is 9.35. The van der Waals surface area contributed by atoms with Crippen LogP contribution in [0.25, 0.3) is 0 Å². The summed E-state index contributed by atoms with van der Waals surface area (Å²) in [6.07, 6.45) is 7.85. The van der Waals surface area contributed by atoms with Crippen LogP contribution in [0.4, 0.5) is 4.79 Å². The van der Waals surface area contributed by atoms with Crippen molar-refractivity contribution in [2.24, 2.45) is 22.7 Å². The van der Waals surface area contributed by atoms with Crippen molar-refractivity contribution in [2.45, 2.75) is 230 Å². The van der Waals surface area contributed by atoms with E-state index in [9.17, 15) is 33.6 Å². The van der Waals surface area contributed by atoms with Crippen LogP contribution in [-0.2, 0) is 59.1 Å². The molecule has 70 heavy (non-hydrogen) atoms. The average molecular weight is 990 g/mol. The van der Waals surface area contributed by atoms with Gasteiger partial charge < -0.3 is 39.6 Å². The quantitative estimate of drug-likeness (QED) is 0.0390. The number of amides is 3. The van der Waals surface area contributed by atoms with Crippen molar-refractivity contribution in [3.05, 3.63) is 35.9 Å². The van der Waals surface area contributed by atoms with Crippen molar-refractivity contribution < 1.29 is 57.2 Å². The van der Waals surface area contributed by atoms with E-state index in [2.05, 4.69) is 64.4 Å². The molecule has 1 aromatic carbocycles. The first-order valence-corrected chi connectivity index (χ1v) is 25.7. The number of hydrogen-bond acceptors (Lipinski definition) is 12. The molecule has 15 nitrogen and oxygen atoms in total. The summed E-state index contributed by atoms with van der Waals surface area (Å²) < 4.78 is 26.6. The third kappa shape index (κ3) is 39.1. The van der Waals surface area contributed by atoms with E-state index >= 15 is 0 Å². The fourth-order valence-corrected chi connectivity index (χ4v) is 6.59. The maximum Gasteiger partial charge on any atom is 0.407 e. The van der Waals surface area contributed by atoms with Crippen LogP contribution < -0.4 is 16.0 Å². The largest absolute Gasteiger partial charge is 0.466 e. The molecule has 3 amide bonds. The van der Waals surface area contributed by atoms with Crippen LogP contribution in [0.15, 0.2) is 30.3 Å². The lowest BCUT2D eigenvalue weighted by Crippen LogP contribution is -2.38. The Morgan fingerprint density at radius 1 is 0.529 bits per heavy atom. The summed E-state index contributed by atoms with van der Waals surface area (Å²) in [4.78, 5) is 86.8. The SMILES string of the molecule is CC(CCCCNC(=O)OCc1ccccc1)NC(=O)[C@H](CCC(=O)OC(C)(C)C)CC(=O)OCCC(C)(C)C.CCCCCC(C)NC(=O)[C@H](CCC(=O)OC(C)(C)C)CC(=O)OCCC(C)(C)C. The minimum absolute atomic E-state index is 0.0273. The van der Waals surface area contributed by atoms with E-state index in [0.29, 0.717) is 26.0 Å². The molecule has 0 saturated heterocycles. The van der Waals surface area contributed by atoms with E-state index in [0.717, 1.165) is 50.5 Å². The van der Waals surface area contributed by atoms with E-state index in [1.807, 2.05) is 44.2 Å². The van der Waals surface area contributed by atoms with Gasteiger partial charge in [0, 0.05) is 43.3 Å². The third-order valence-electron chi connectivity index (χ3n) is 10.6. The first kappa shape index (κ1) is 65.3. The molecule has 402 valence electrons. The van der Waals surface area contributed by atoms with Gasteiger partial charge in [-0.15, -0.1) is 0 Å². The summed E-state index contributed by atoms with van der Waals surface area (Å²) >= 11 is 0. The lowest BCUT2D eigenvalue weighted by Gasteiger charge is -2.22. The minimum atomic E-state index is -0.696. The number of hydrogen-bond donors (Lipinski definition) is 3. The molecule has 0 spiro atoms. The molecule has 0 heterocycles. The zero-order chi connectivity index (χ0) is 53.6. The highest BCUT2D eigenvalue weighted by molar-refractivity contribution is 5.85. The van der Waals surface area contributed by atoms with Gasteiger partial charge in [-0.05, 0) is 123 Å². The molecule has 4 atom stereocenters. The van der Waals surface area contributed by atoms with Crippen LogP contribution in [0.1, 0.15) is 206 Å². The molecule has 0 saturated carbocycles. The Hall–Kier alpha value is -4.69. The van der Waals surface area contributed by atoms with Gasteiger partial charge in [0.05, 0.1) is 26.1 Å².